The second-order valence-corrected chi connectivity index (χ2v) is 4.30. The van der Waals surface area contributed by atoms with Gasteiger partial charge in [0.15, 0.2) is 0 Å². The maximum Gasteiger partial charge on any atom is 0.143 e. The molecule has 0 aliphatic rings. The fraction of sp³-hybridized carbons (Fsp3) is 0.500. The van der Waals surface area contributed by atoms with E-state index >= 15 is 0 Å². The molecule has 0 heterocycles. The molecule has 1 aromatic carbocycles. The second-order valence-electron chi connectivity index (χ2n) is 4.30. The van der Waals surface area contributed by atoms with Gasteiger partial charge in [0.05, 0.1) is 5.69 Å². The summed E-state index contributed by atoms with van der Waals surface area (Å²) in [6.45, 7) is 7.95. The van der Waals surface area contributed by atoms with Gasteiger partial charge in [0.2, 0.25) is 0 Å². The molecular formula is C14H19FN2. The molecule has 0 bridgehead atoms. The van der Waals surface area contributed by atoms with E-state index in [1.165, 1.54) is 6.07 Å². The highest BCUT2D eigenvalue weighted by atomic mass is 19.1. The number of nitriles is 1. The van der Waals surface area contributed by atoms with Crippen molar-refractivity contribution in [3.63, 3.8) is 0 Å². The van der Waals surface area contributed by atoms with Crippen LogP contribution in [0.15, 0.2) is 18.2 Å². The Morgan fingerprint density at radius 2 is 2.12 bits per heavy atom. The SMILES string of the molecule is CCC(C)CN(CC)c1cccc(F)c1C#N. The molecular weight excluding hydrogens is 215 g/mol. The zero-order valence-electron chi connectivity index (χ0n) is 10.7. The third kappa shape index (κ3) is 3.20. The molecule has 1 aromatic rings. The molecule has 0 fully saturated rings. The van der Waals surface area contributed by atoms with E-state index in [0.717, 1.165) is 19.5 Å². The average molecular weight is 234 g/mol. The van der Waals surface area contributed by atoms with Crippen molar-refractivity contribution in [3.05, 3.63) is 29.6 Å². The van der Waals surface area contributed by atoms with Gasteiger partial charge in [-0.2, -0.15) is 5.26 Å². The number of anilines is 1. The first-order valence-electron chi connectivity index (χ1n) is 6.07. The standard InChI is InChI=1S/C14H19FN2/c1-4-11(3)10-17(5-2)14-8-6-7-13(15)12(14)9-16/h6-8,11H,4-5,10H2,1-3H3. The summed E-state index contributed by atoms with van der Waals surface area (Å²) in [5.74, 6) is 0.0948. The quantitative estimate of drug-likeness (QED) is 0.778. The smallest absolute Gasteiger partial charge is 0.143 e. The second kappa shape index (κ2) is 6.24. The van der Waals surface area contributed by atoms with Crippen LogP contribution in [0.4, 0.5) is 10.1 Å². The number of hydrogen-bond acceptors (Lipinski definition) is 2. The topological polar surface area (TPSA) is 27.0 Å². The molecule has 2 nitrogen and oxygen atoms in total. The number of halogens is 1. The Morgan fingerprint density at radius 3 is 2.65 bits per heavy atom. The maximum absolute atomic E-state index is 13.5. The van der Waals surface area contributed by atoms with Gasteiger partial charge in [-0.1, -0.05) is 26.3 Å². The van der Waals surface area contributed by atoms with Gasteiger partial charge in [-0.3, -0.25) is 0 Å². The Labute approximate surface area is 103 Å². The molecule has 17 heavy (non-hydrogen) atoms. The molecule has 1 unspecified atom stereocenters. The fourth-order valence-corrected chi connectivity index (χ4v) is 1.79. The van der Waals surface area contributed by atoms with Crippen LogP contribution in [-0.4, -0.2) is 13.1 Å². The summed E-state index contributed by atoms with van der Waals surface area (Å²) in [6, 6.07) is 6.76. The number of hydrogen-bond donors (Lipinski definition) is 0. The molecule has 0 aliphatic carbocycles. The summed E-state index contributed by atoms with van der Waals surface area (Å²) >= 11 is 0. The van der Waals surface area contributed by atoms with Crippen LogP contribution >= 0.6 is 0 Å². The molecule has 0 aromatic heterocycles. The number of benzene rings is 1. The predicted octanol–water partition coefficient (Wildman–Crippen LogP) is 3.57. The van der Waals surface area contributed by atoms with E-state index in [2.05, 4.69) is 18.7 Å². The first-order valence-corrected chi connectivity index (χ1v) is 6.07. The van der Waals surface area contributed by atoms with Crippen molar-refractivity contribution >= 4 is 5.69 Å². The molecule has 1 atom stereocenters. The molecule has 3 heteroatoms. The van der Waals surface area contributed by atoms with Crippen LogP contribution in [0, 0.1) is 23.1 Å². The zero-order chi connectivity index (χ0) is 12.8. The van der Waals surface area contributed by atoms with Gasteiger partial charge >= 0.3 is 0 Å². The van der Waals surface area contributed by atoms with Crippen molar-refractivity contribution in [1.82, 2.24) is 0 Å². The number of nitrogens with zero attached hydrogens (tertiary/aromatic N) is 2. The fourth-order valence-electron chi connectivity index (χ4n) is 1.79. The van der Waals surface area contributed by atoms with Gasteiger partial charge in [-0.15, -0.1) is 0 Å². The highest BCUT2D eigenvalue weighted by Gasteiger charge is 2.14. The van der Waals surface area contributed by atoms with E-state index < -0.39 is 5.82 Å². The van der Waals surface area contributed by atoms with E-state index in [9.17, 15) is 4.39 Å². The average Bonchev–Trinajstić information content (AvgIpc) is 2.35. The Hall–Kier alpha value is -1.56. The van der Waals surface area contributed by atoms with Gasteiger partial charge in [-0.25, -0.2) is 4.39 Å². The van der Waals surface area contributed by atoms with Gasteiger partial charge in [0, 0.05) is 13.1 Å². The summed E-state index contributed by atoms with van der Waals surface area (Å²) in [4.78, 5) is 2.07. The molecule has 0 amide bonds. The third-order valence-electron chi connectivity index (χ3n) is 3.05. The van der Waals surface area contributed by atoms with Crippen LogP contribution in [0.2, 0.25) is 0 Å². The highest BCUT2D eigenvalue weighted by Crippen LogP contribution is 2.23. The first-order chi connectivity index (χ1) is 8.13. The van der Waals surface area contributed by atoms with E-state index in [0.29, 0.717) is 11.6 Å². The summed E-state index contributed by atoms with van der Waals surface area (Å²) in [5.41, 5.74) is 0.855. The predicted molar refractivity (Wildman–Crippen MR) is 68.5 cm³/mol. The molecule has 0 saturated carbocycles. The summed E-state index contributed by atoms with van der Waals surface area (Å²) in [6.07, 6.45) is 1.08. The maximum atomic E-state index is 13.5. The molecule has 0 saturated heterocycles. The van der Waals surface area contributed by atoms with E-state index in [-0.39, 0.29) is 5.56 Å². The van der Waals surface area contributed by atoms with Gasteiger partial charge in [-0.05, 0) is 25.0 Å². The van der Waals surface area contributed by atoms with Crippen molar-refractivity contribution in [1.29, 1.82) is 5.26 Å². The molecule has 0 spiro atoms. The normalized spacial score (nSPS) is 11.9. The Bertz CT molecular complexity index is 409. The van der Waals surface area contributed by atoms with Crippen LogP contribution < -0.4 is 4.90 Å². The summed E-state index contributed by atoms with van der Waals surface area (Å²) < 4.78 is 13.5. The number of rotatable bonds is 5. The summed E-state index contributed by atoms with van der Waals surface area (Å²) in [5, 5.41) is 9.02. The van der Waals surface area contributed by atoms with Gasteiger partial charge < -0.3 is 4.90 Å². The largest absolute Gasteiger partial charge is 0.370 e. The molecule has 0 aliphatic heterocycles. The van der Waals surface area contributed by atoms with E-state index in [1.807, 2.05) is 19.1 Å². The summed E-state index contributed by atoms with van der Waals surface area (Å²) in [7, 11) is 0. The van der Waals surface area contributed by atoms with Crippen molar-refractivity contribution in [3.8, 4) is 6.07 Å². The minimum atomic E-state index is -0.437. The lowest BCUT2D eigenvalue weighted by Crippen LogP contribution is -2.28. The lowest BCUT2D eigenvalue weighted by atomic mass is 10.1. The first kappa shape index (κ1) is 13.5. The van der Waals surface area contributed by atoms with E-state index in [1.54, 1.807) is 6.07 Å². The van der Waals surface area contributed by atoms with Crippen LogP contribution in [0.1, 0.15) is 32.8 Å². The lowest BCUT2D eigenvalue weighted by Gasteiger charge is -2.27. The van der Waals surface area contributed by atoms with Gasteiger partial charge in [0.1, 0.15) is 17.4 Å². The Morgan fingerprint density at radius 1 is 1.41 bits per heavy atom. The van der Waals surface area contributed by atoms with Gasteiger partial charge in [0.25, 0.3) is 0 Å². The van der Waals surface area contributed by atoms with Crippen molar-refractivity contribution < 1.29 is 4.39 Å². The van der Waals surface area contributed by atoms with Crippen molar-refractivity contribution in [2.75, 3.05) is 18.0 Å². The van der Waals surface area contributed by atoms with E-state index in [4.69, 9.17) is 5.26 Å². The van der Waals surface area contributed by atoms with Crippen molar-refractivity contribution in [2.24, 2.45) is 5.92 Å². The van der Waals surface area contributed by atoms with Crippen LogP contribution in [0.5, 0.6) is 0 Å². The van der Waals surface area contributed by atoms with Crippen LogP contribution in [-0.2, 0) is 0 Å². The van der Waals surface area contributed by atoms with Crippen LogP contribution in [0.3, 0.4) is 0 Å². The Kier molecular flexibility index (Phi) is 4.96. The lowest BCUT2D eigenvalue weighted by molar-refractivity contribution is 0.546. The minimum Gasteiger partial charge on any atom is -0.370 e. The minimum absolute atomic E-state index is 0.151. The Balaban J connectivity index is 3.04. The molecule has 0 radical (unpaired) electrons. The third-order valence-corrected chi connectivity index (χ3v) is 3.05. The van der Waals surface area contributed by atoms with Crippen molar-refractivity contribution in [2.45, 2.75) is 27.2 Å². The molecule has 92 valence electrons. The van der Waals surface area contributed by atoms with Crippen LogP contribution in [0.25, 0.3) is 0 Å². The zero-order valence-corrected chi connectivity index (χ0v) is 10.7. The highest BCUT2D eigenvalue weighted by molar-refractivity contribution is 5.59. The monoisotopic (exact) mass is 234 g/mol. The molecule has 1 rings (SSSR count). The molecule has 0 N–H and O–H groups in total.